The molecule has 25 rings (SSSR count). The molecule has 0 aliphatic carbocycles. The van der Waals surface area contributed by atoms with Gasteiger partial charge in [-0.3, -0.25) is 4.90 Å². The van der Waals surface area contributed by atoms with E-state index in [9.17, 15) is 0 Å². The second kappa shape index (κ2) is 34.8. The van der Waals surface area contributed by atoms with E-state index in [2.05, 4.69) is 368 Å². The minimum atomic E-state index is 0.843. The molecular weight excluding hydrogens is 1840 g/mol. The van der Waals surface area contributed by atoms with Crippen molar-refractivity contribution >= 4 is 288 Å². The number of hydrogen-bond acceptors (Lipinski definition) is 28. The number of anilines is 9. The van der Waals surface area contributed by atoms with Gasteiger partial charge >= 0.3 is 0 Å². The van der Waals surface area contributed by atoms with Crippen LogP contribution in [-0.4, -0.2) is 49.5 Å². The zero-order valence-electron chi connectivity index (χ0n) is 71.4. The van der Waals surface area contributed by atoms with E-state index >= 15 is 0 Å². The van der Waals surface area contributed by atoms with Gasteiger partial charge in [-0.2, -0.15) is 69.9 Å². The third-order valence-corrected chi connectivity index (χ3v) is 30.6. The highest BCUT2D eigenvalue weighted by molar-refractivity contribution is 7.58. The molecule has 12 heterocycles. The molecule has 131 heavy (non-hydrogen) atoms. The van der Waals surface area contributed by atoms with Gasteiger partial charge in [0.1, 0.15) is 105 Å². The maximum Gasteiger partial charge on any atom is 0.195 e. The van der Waals surface area contributed by atoms with Crippen LogP contribution in [0.1, 0.15) is 55.6 Å². The normalized spacial score (nSPS) is 12.3. The number of para-hydroxylation sites is 2. The average molecular weight is 1910 g/mol. The molecule has 0 saturated heterocycles. The summed E-state index contributed by atoms with van der Waals surface area (Å²) in [6, 6.07) is 81.5. The molecule has 0 saturated carbocycles. The number of nitrogens with zero attached hydrogens (tertiary/aromatic N) is 22. The first-order valence-corrected chi connectivity index (χ1v) is 49.8. The van der Waals surface area contributed by atoms with Crippen molar-refractivity contribution in [2.75, 3.05) is 14.7 Å². The molecule has 638 valence electrons. The van der Waals surface area contributed by atoms with Crippen LogP contribution in [0.4, 0.5) is 95.4 Å². The monoisotopic (exact) mass is 1910 g/mol. The Hall–Kier alpha value is -13.4. The van der Waals surface area contributed by atoms with Gasteiger partial charge in [0.05, 0.1) is 126 Å². The Morgan fingerprint density at radius 1 is 0.252 bits per heavy atom. The lowest BCUT2D eigenvalue weighted by atomic mass is 9.97. The zero-order valence-corrected chi connectivity index (χ0v) is 80.4. The van der Waals surface area contributed by atoms with E-state index in [0.29, 0.717) is 0 Å². The maximum absolute atomic E-state index is 4.85. The molecule has 8 aromatic heterocycles. The molecule has 4 aliphatic heterocycles. The fraction of sp³-hybridized carbons (Fsp3) is 0.102. The molecule has 0 fully saturated rings. The van der Waals surface area contributed by atoms with Gasteiger partial charge in [0.2, 0.25) is 0 Å². The van der Waals surface area contributed by atoms with Gasteiger partial charge in [-0.25, -0.2) is 9.97 Å². The minimum absolute atomic E-state index is 0.843. The van der Waals surface area contributed by atoms with Crippen LogP contribution in [0, 0.1) is 69.2 Å². The molecule has 22 nitrogen and oxygen atoms in total. The summed E-state index contributed by atoms with van der Waals surface area (Å²) in [6.07, 6.45) is 3.84. The summed E-state index contributed by atoms with van der Waals surface area (Å²) in [7, 11) is 0. The lowest BCUT2D eigenvalue weighted by Gasteiger charge is -2.26. The van der Waals surface area contributed by atoms with Crippen LogP contribution in [0.5, 0.6) is 0 Å². The van der Waals surface area contributed by atoms with Gasteiger partial charge in [0.15, 0.2) is 5.13 Å². The lowest BCUT2D eigenvalue weighted by molar-refractivity contribution is 1.22. The summed E-state index contributed by atoms with van der Waals surface area (Å²) < 4.78 is 75.5. The number of aromatic nitrogens is 11. The molecule has 0 unspecified atom stereocenters. The summed E-state index contributed by atoms with van der Waals surface area (Å²) >= 11 is 14.8. The number of benzene rings is 13. The van der Waals surface area contributed by atoms with E-state index < -0.39 is 0 Å². The smallest absolute Gasteiger partial charge is 0.195 e. The van der Waals surface area contributed by atoms with Crippen LogP contribution < -0.4 is 14.7 Å². The van der Waals surface area contributed by atoms with Gasteiger partial charge in [-0.15, -0.1) is 11.3 Å². The molecule has 0 amide bonds. The fourth-order valence-corrected chi connectivity index (χ4v) is 24.4. The maximum atomic E-state index is 4.85. The van der Waals surface area contributed by atoms with Crippen LogP contribution in [0.25, 0.3) is 114 Å². The van der Waals surface area contributed by atoms with Crippen molar-refractivity contribution in [2.45, 2.75) is 69.2 Å². The molecule has 0 N–H and O–H groups in total. The van der Waals surface area contributed by atoms with Crippen LogP contribution in [-0.2, 0) is 45.4 Å². The Morgan fingerprint density at radius 3 is 0.977 bits per heavy atom. The highest BCUT2D eigenvalue weighted by Crippen LogP contribution is 2.56. The molecule has 21 aromatic rings. The second-order valence-electron chi connectivity index (χ2n) is 31.8. The second-order valence-corrected chi connectivity index (χ2v) is 39.1. The summed E-state index contributed by atoms with van der Waals surface area (Å²) in [5.74, 6) is 0. The Morgan fingerprint density at radius 2 is 0.573 bits per heavy atom. The van der Waals surface area contributed by atoms with Crippen molar-refractivity contribution < 1.29 is 0 Å². The predicted molar refractivity (Wildman–Crippen MR) is 553 cm³/mol. The van der Waals surface area contributed by atoms with Gasteiger partial charge in [0.25, 0.3) is 0 Å². The van der Waals surface area contributed by atoms with E-state index in [0.717, 1.165) is 204 Å². The van der Waals surface area contributed by atoms with E-state index in [1.165, 1.54) is 153 Å². The summed E-state index contributed by atoms with van der Waals surface area (Å²) in [5, 5.41) is 6.46. The van der Waals surface area contributed by atoms with Crippen LogP contribution in [0.15, 0.2) is 278 Å². The SMILES string of the molecule is Cc1c2c(c(-c3ccc(-n4c5ccccc5c5ccccc54)s3)c3nsnc13)N=S=N2.Cc1ccc(N(c2ccc(C)cc2)c2ccc(-c3c4c(c(C)c5nsnc35)N=S=N4)cc2)cc1.Cc1ccc(N(c2ccc(C)cc2)c2cnc(-c3c4c(c(C)c5nsnc35)N=S=N4)s2)cc1.Cc1ccc(N(c2ccc(C)cc2)c2ncc(-c3c4c(c(C)c5nsnc35)N=S=N4)s2)cc1. The Balaban J connectivity index is 0.000000102. The number of rotatable bonds is 14. The molecule has 4 aliphatic rings. The van der Waals surface area contributed by atoms with Crippen molar-refractivity contribution in [2.24, 2.45) is 34.9 Å². The molecule has 13 aromatic carbocycles. The Labute approximate surface area is 794 Å². The van der Waals surface area contributed by atoms with E-state index in [1.54, 1.807) is 34.0 Å². The molecule has 0 radical (unpaired) electrons. The first-order chi connectivity index (χ1) is 64.1. The number of fused-ring (bicyclic) bond motifs is 11. The van der Waals surface area contributed by atoms with Gasteiger partial charge < -0.3 is 14.4 Å². The molecule has 0 spiro atoms. The fourth-order valence-electron chi connectivity index (χ4n) is 16.5. The first kappa shape index (κ1) is 83.2. The highest BCUT2D eigenvalue weighted by Gasteiger charge is 2.32. The Kier molecular flexibility index (Phi) is 22.1. The van der Waals surface area contributed by atoms with Crippen LogP contribution >= 0.6 is 80.9 Å². The largest absolute Gasteiger partial charge is 0.311 e. The zero-order chi connectivity index (χ0) is 88.8. The number of hydrogen-bond donors (Lipinski definition) is 0. The van der Waals surface area contributed by atoms with Gasteiger partial charge in [0, 0.05) is 95.0 Å². The van der Waals surface area contributed by atoms with Crippen molar-refractivity contribution in [3.05, 3.63) is 299 Å². The van der Waals surface area contributed by atoms with E-state index in [1.807, 2.05) is 33.2 Å². The lowest BCUT2D eigenvalue weighted by Crippen LogP contribution is -2.09. The van der Waals surface area contributed by atoms with Crippen molar-refractivity contribution in [1.82, 2.24) is 49.5 Å². The van der Waals surface area contributed by atoms with Crippen molar-refractivity contribution in [3.63, 3.8) is 0 Å². The molecular formula is C98H70N22S11. The average Bonchev–Trinajstić information content (AvgIpc) is 1.60. The Bertz CT molecular complexity index is 8040. The van der Waals surface area contributed by atoms with Gasteiger partial charge in [-0.1, -0.05) is 177 Å². The highest BCUT2D eigenvalue weighted by atomic mass is 32.1. The minimum Gasteiger partial charge on any atom is -0.311 e. The summed E-state index contributed by atoms with van der Waals surface area (Å²) in [4.78, 5) is 18.5. The number of aryl methyl sites for hydroxylation is 10. The molecule has 0 bridgehead atoms. The van der Waals surface area contributed by atoms with E-state index in [-0.39, 0.29) is 0 Å². The third kappa shape index (κ3) is 15.2. The number of thiophene rings is 1. The predicted octanol–water partition coefficient (Wildman–Crippen LogP) is 31.9. The number of thiazole rings is 2. The third-order valence-electron chi connectivity index (χ3n) is 23.3. The first-order valence-electron chi connectivity index (χ1n) is 41.5. The topological polar surface area (TPSA) is 242 Å². The summed E-state index contributed by atoms with van der Waals surface area (Å²) in [6.45, 7) is 20.8. The standard InChI is InChI=1S/C27H21N5S2.2C24H18N6S3.C23H13N5S3/c1-16-4-10-20(11-5-16)32(21-12-6-17(2)7-13-21)22-14-8-19(9-15-22)23-26-24(28-33-30-26)18(3)25-27(23)31-34-29-25;1-13-4-8-16(9-5-13)30(17-10-6-14(2)7-11-17)18-12-25-24(31-18)19-22-20(26-32-28-22)15(3)21-23(19)29-33-27-21;1-13-4-8-16(9-5-13)30(17-10-6-14(2)7-11-17)24-25-12-18(31-24)19-22-20(26-32-28-22)15(3)21-23(19)29-33-27-21;1-12-20-22(26-30-24-20)19(23-21(12)25-31-27-23)17-10-11-18(29-17)28-15-8-4-2-6-13(15)14-7-3-5-9-16(14)28/h4-15H,1-3H3;2*4-12H,1-3H3;2-11H,1H3. The molecule has 33 heteroatoms. The van der Waals surface area contributed by atoms with Crippen molar-refractivity contribution in [3.8, 4) is 47.6 Å². The van der Waals surface area contributed by atoms with Crippen molar-refractivity contribution in [1.29, 1.82) is 0 Å². The summed E-state index contributed by atoms with van der Waals surface area (Å²) in [5.41, 5.74) is 40.8. The van der Waals surface area contributed by atoms with Crippen LogP contribution in [0.3, 0.4) is 0 Å². The van der Waals surface area contributed by atoms with E-state index in [4.69, 9.17) is 9.97 Å². The molecule has 0 atom stereocenters. The van der Waals surface area contributed by atoms with Crippen LogP contribution in [0.2, 0.25) is 0 Å². The van der Waals surface area contributed by atoms with Gasteiger partial charge in [-0.05, 0) is 184 Å². The quantitative estimate of drug-likeness (QED) is 0.0985.